The Hall–Kier alpha value is -3.45. The van der Waals surface area contributed by atoms with E-state index in [-0.39, 0.29) is 5.91 Å². The summed E-state index contributed by atoms with van der Waals surface area (Å²) in [4.78, 5) is 23.2. The van der Waals surface area contributed by atoms with Gasteiger partial charge in [-0.15, -0.1) is 0 Å². The third kappa shape index (κ3) is 3.71. The van der Waals surface area contributed by atoms with Gasteiger partial charge >= 0.3 is 0 Å². The van der Waals surface area contributed by atoms with E-state index in [1.807, 2.05) is 59.5 Å². The van der Waals surface area contributed by atoms with Gasteiger partial charge in [-0.25, -0.2) is 4.98 Å². The van der Waals surface area contributed by atoms with E-state index in [1.165, 1.54) is 11.3 Å². The van der Waals surface area contributed by atoms with Crippen molar-refractivity contribution in [2.24, 2.45) is 0 Å². The van der Waals surface area contributed by atoms with Gasteiger partial charge in [-0.2, -0.15) is 0 Å². The van der Waals surface area contributed by atoms with Gasteiger partial charge in [0.25, 0.3) is 5.91 Å². The minimum atomic E-state index is 0.100. The van der Waals surface area contributed by atoms with Crippen molar-refractivity contribution in [3.63, 3.8) is 0 Å². The van der Waals surface area contributed by atoms with E-state index in [1.54, 1.807) is 6.20 Å². The molecule has 7 heteroatoms. The van der Waals surface area contributed by atoms with Crippen molar-refractivity contribution >= 4 is 32.6 Å². The first kappa shape index (κ1) is 18.6. The summed E-state index contributed by atoms with van der Waals surface area (Å²) in [6, 6.07) is 17.0. The van der Waals surface area contributed by atoms with Crippen LogP contribution >= 0.6 is 11.3 Å². The normalized spacial score (nSPS) is 13.7. The zero-order valence-electron chi connectivity index (χ0n) is 16.2. The van der Waals surface area contributed by atoms with Crippen molar-refractivity contribution in [1.29, 1.82) is 0 Å². The number of pyridine rings is 1. The summed E-state index contributed by atoms with van der Waals surface area (Å²) < 4.78 is 7.01. The third-order valence-electron chi connectivity index (χ3n) is 5.16. The summed E-state index contributed by atoms with van der Waals surface area (Å²) in [5.74, 6) is 1.51. The summed E-state index contributed by atoms with van der Waals surface area (Å²) in [6.07, 6.45) is 3.89. The number of amides is 1. The van der Waals surface area contributed by atoms with Gasteiger partial charge in [0.05, 0.1) is 15.9 Å². The maximum absolute atomic E-state index is 12.5. The average molecular weight is 417 g/mol. The minimum Gasteiger partial charge on any atom is -0.457 e. The number of carbonyl (C=O) groups is 1. The fraction of sp³-hybridized carbons (Fsp3) is 0.174. The van der Waals surface area contributed by atoms with Crippen LogP contribution < -0.4 is 10.5 Å². The van der Waals surface area contributed by atoms with Gasteiger partial charge < -0.3 is 15.4 Å². The Morgan fingerprint density at radius 3 is 2.57 bits per heavy atom. The smallest absolute Gasteiger partial charge is 0.253 e. The highest BCUT2D eigenvalue weighted by Gasteiger charge is 2.19. The van der Waals surface area contributed by atoms with Gasteiger partial charge in [0, 0.05) is 42.5 Å². The van der Waals surface area contributed by atoms with Crippen molar-refractivity contribution in [2.75, 3.05) is 18.8 Å². The number of nitrogens with zero attached hydrogens (tertiary/aromatic N) is 3. The summed E-state index contributed by atoms with van der Waals surface area (Å²) in [7, 11) is 0. The highest BCUT2D eigenvalue weighted by atomic mass is 32.1. The fourth-order valence-electron chi connectivity index (χ4n) is 3.64. The number of hydrogen-bond acceptors (Lipinski definition) is 6. The molecule has 0 spiro atoms. The predicted octanol–water partition coefficient (Wildman–Crippen LogP) is 4.97. The van der Waals surface area contributed by atoms with E-state index >= 15 is 0 Å². The molecule has 2 aromatic heterocycles. The molecule has 30 heavy (non-hydrogen) atoms. The number of fused-ring (bicyclic) bond motifs is 1. The van der Waals surface area contributed by atoms with Gasteiger partial charge in [-0.05, 0) is 43.2 Å². The number of nitrogen functional groups attached to an aromatic ring is 1. The topological polar surface area (TPSA) is 81.3 Å². The van der Waals surface area contributed by atoms with Crippen molar-refractivity contribution in [3.05, 3.63) is 66.4 Å². The number of aromatic nitrogens is 2. The Bertz CT molecular complexity index is 1210. The monoisotopic (exact) mass is 416 g/mol. The molecule has 3 heterocycles. The lowest BCUT2D eigenvalue weighted by Gasteiger charge is -2.15. The molecule has 1 fully saturated rings. The van der Waals surface area contributed by atoms with E-state index in [2.05, 4.69) is 9.97 Å². The molecule has 150 valence electrons. The lowest BCUT2D eigenvalue weighted by molar-refractivity contribution is 0.0793. The van der Waals surface area contributed by atoms with E-state index in [9.17, 15) is 4.79 Å². The lowest BCUT2D eigenvalue weighted by Crippen LogP contribution is -2.27. The van der Waals surface area contributed by atoms with Crippen LogP contribution in [-0.2, 0) is 0 Å². The van der Waals surface area contributed by atoms with Crippen molar-refractivity contribution in [2.45, 2.75) is 12.8 Å². The Morgan fingerprint density at radius 2 is 1.77 bits per heavy atom. The summed E-state index contributed by atoms with van der Waals surface area (Å²) in [5, 5.41) is 0.542. The number of likely N-dealkylation sites (tertiary alicyclic amines) is 1. The quantitative estimate of drug-likeness (QED) is 0.508. The van der Waals surface area contributed by atoms with E-state index in [0.717, 1.165) is 53.2 Å². The van der Waals surface area contributed by atoms with Crippen LogP contribution in [-0.4, -0.2) is 33.9 Å². The van der Waals surface area contributed by atoms with E-state index in [4.69, 9.17) is 10.5 Å². The molecular formula is C23H20N4O2S. The number of hydrogen-bond donors (Lipinski definition) is 1. The van der Waals surface area contributed by atoms with Crippen molar-refractivity contribution < 1.29 is 9.53 Å². The van der Waals surface area contributed by atoms with Crippen LogP contribution in [0.4, 0.5) is 5.13 Å². The van der Waals surface area contributed by atoms with Crippen LogP contribution in [0.15, 0.2) is 60.8 Å². The van der Waals surface area contributed by atoms with Gasteiger partial charge in [-0.1, -0.05) is 23.5 Å². The van der Waals surface area contributed by atoms with Gasteiger partial charge in [0.15, 0.2) is 5.13 Å². The van der Waals surface area contributed by atoms with Crippen molar-refractivity contribution in [3.8, 4) is 22.8 Å². The Kier molecular flexibility index (Phi) is 4.80. The van der Waals surface area contributed by atoms with Crippen LogP contribution in [0.2, 0.25) is 0 Å². The van der Waals surface area contributed by atoms with E-state index < -0.39 is 0 Å². The number of thiazole rings is 1. The summed E-state index contributed by atoms with van der Waals surface area (Å²) in [6.45, 7) is 1.70. The summed E-state index contributed by atoms with van der Waals surface area (Å²) in [5.41, 5.74) is 9.08. The maximum Gasteiger partial charge on any atom is 0.253 e. The highest BCUT2D eigenvalue weighted by Crippen LogP contribution is 2.31. The molecule has 1 aliphatic heterocycles. The minimum absolute atomic E-state index is 0.100. The van der Waals surface area contributed by atoms with Gasteiger partial charge in [0.1, 0.15) is 11.5 Å². The second-order valence-corrected chi connectivity index (χ2v) is 8.30. The number of carbonyl (C=O) groups excluding carboxylic acids is 1. The molecular weight excluding hydrogens is 396 g/mol. The average Bonchev–Trinajstić information content (AvgIpc) is 3.42. The lowest BCUT2D eigenvalue weighted by atomic mass is 10.1. The van der Waals surface area contributed by atoms with Crippen LogP contribution in [0.5, 0.6) is 11.5 Å². The molecule has 5 rings (SSSR count). The number of nitrogens with two attached hydrogens (primary N) is 1. The maximum atomic E-state index is 12.5. The molecule has 1 amide bonds. The molecule has 2 N–H and O–H groups in total. The second kappa shape index (κ2) is 7.76. The van der Waals surface area contributed by atoms with Gasteiger partial charge in [-0.3, -0.25) is 9.78 Å². The van der Waals surface area contributed by atoms with Crippen LogP contribution in [0, 0.1) is 0 Å². The zero-order chi connectivity index (χ0) is 20.5. The molecule has 0 bridgehead atoms. The Morgan fingerprint density at radius 1 is 1.00 bits per heavy atom. The SMILES string of the molecule is Nc1nc2ccc(Oc3ccnc(-c4ccc(C(=O)N5CCCC5)cc4)c3)cc2s1. The number of ether oxygens (including phenoxy) is 1. The molecule has 0 radical (unpaired) electrons. The van der Waals surface area contributed by atoms with Crippen LogP contribution in [0.3, 0.4) is 0 Å². The molecule has 0 aliphatic carbocycles. The van der Waals surface area contributed by atoms with Gasteiger partial charge in [0.2, 0.25) is 0 Å². The number of rotatable bonds is 4. The first-order valence-electron chi connectivity index (χ1n) is 9.85. The highest BCUT2D eigenvalue weighted by molar-refractivity contribution is 7.22. The summed E-state index contributed by atoms with van der Waals surface area (Å²) >= 11 is 1.43. The first-order valence-corrected chi connectivity index (χ1v) is 10.7. The number of anilines is 1. The molecule has 0 saturated carbocycles. The molecule has 6 nitrogen and oxygen atoms in total. The van der Waals surface area contributed by atoms with E-state index in [0.29, 0.717) is 16.4 Å². The van der Waals surface area contributed by atoms with Crippen LogP contribution in [0.25, 0.3) is 21.5 Å². The number of benzene rings is 2. The standard InChI is InChI=1S/C23H20N4O2S/c24-23-26-19-8-7-17(14-21(19)30-23)29-18-9-10-25-20(13-18)15-3-5-16(6-4-15)22(28)27-11-1-2-12-27/h3-10,13-14H,1-2,11-12H2,(H2,24,26). The molecule has 0 atom stereocenters. The largest absolute Gasteiger partial charge is 0.457 e. The fourth-order valence-corrected chi connectivity index (χ4v) is 4.40. The first-order chi connectivity index (χ1) is 14.7. The zero-order valence-corrected chi connectivity index (χ0v) is 17.1. The Balaban J connectivity index is 1.35. The third-order valence-corrected chi connectivity index (χ3v) is 6.01. The molecule has 4 aromatic rings. The molecule has 0 unspecified atom stereocenters. The van der Waals surface area contributed by atoms with Crippen LogP contribution in [0.1, 0.15) is 23.2 Å². The van der Waals surface area contributed by atoms with Crippen molar-refractivity contribution in [1.82, 2.24) is 14.9 Å². The Labute approximate surface area is 178 Å². The molecule has 1 aliphatic rings. The predicted molar refractivity (Wildman–Crippen MR) is 119 cm³/mol. The molecule has 2 aromatic carbocycles. The second-order valence-electron chi connectivity index (χ2n) is 7.24. The molecule has 1 saturated heterocycles.